The third kappa shape index (κ3) is 4.71. The Morgan fingerprint density at radius 2 is 1.97 bits per heavy atom. The highest BCUT2D eigenvalue weighted by Gasteiger charge is 2.24. The maximum atomic E-state index is 13.2. The van der Waals surface area contributed by atoms with Gasteiger partial charge in [0.2, 0.25) is 0 Å². The number of carbonyl (C=O) groups excluding carboxylic acids is 1. The molecule has 0 radical (unpaired) electrons. The predicted octanol–water partition coefficient (Wildman–Crippen LogP) is 3.66. The summed E-state index contributed by atoms with van der Waals surface area (Å²) in [6.45, 7) is 5.01. The molecule has 3 aromatic rings. The Morgan fingerprint density at radius 3 is 2.66 bits per heavy atom. The molecule has 2 N–H and O–H groups in total. The number of rotatable bonds is 3. The van der Waals surface area contributed by atoms with Crippen molar-refractivity contribution in [2.45, 2.75) is 38.8 Å². The maximum absolute atomic E-state index is 13.2. The number of carbonyl (C=O) groups is 1. The number of benzene rings is 1. The maximum Gasteiger partial charge on any atom is 0.252 e. The molecule has 0 spiro atoms. The van der Waals surface area contributed by atoms with Crippen LogP contribution >= 0.6 is 24.8 Å². The lowest BCUT2D eigenvalue weighted by atomic mass is 9.99. The number of aromatic nitrogens is 3. The number of halogens is 2. The Morgan fingerprint density at radius 1 is 1.24 bits per heavy atom. The quantitative estimate of drug-likeness (QED) is 0.658. The minimum atomic E-state index is -0.0465. The van der Waals surface area contributed by atoms with Crippen molar-refractivity contribution in [3.05, 3.63) is 47.7 Å². The summed E-state index contributed by atoms with van der Waals surface area (Å²) in [5, 5.41) is 12.0. The van der Waals surface area contributed by atoms with E-state index in [9.17, 15) is 4.79 Å². The van der Waals surface area contributed by atoms with E-state index in [2.05, 4.69) is 22.7 Å². The zero-order chi connectivity index (χ0) is 19.0. The molecular weight excluding hydrogens is 409 g/mol. The van der Waals surface area contributed by atoms with E-state index in [1.54, 1.807) is 4.68 Å². The van der Waals surface area contributed by atoms with E-state index in [0.717, 1.165) is 47.4 Å². The van der Waals surface area contributed by atoms with Gasteiger partial charge in [0.25, 0.3) is 5.91 Å². The fourth-order valence-corrected chi connectivity index (χ4v) is 3.91. The Labute approximate surface area is 183 Å². The van der Waals surface area contributed by atoms with Crippen molar-refractivity contribution in [2.75, 3.05) is 6.54 Å². The second kappa shape index (κ2) is 9.57. The summed E-state index contributed by atoms with van der Waals surface area (Å²) in [6.07, 6.45) is 1.89. The van der Waals surface area contributed by atoms with Crippen molar-refractivity contribution >= 4 is 41.8 Å². The van der Waals surface area contributed by atoms with Crippen LogP contribution in [0, 0.1) is 6.92 Å². The molecule has 6 nitrogen and oxygen atoms in total. The summed E-state index contributed by atoms with van der Waals surface area (Å²) in [6, 6.07) is 12.4. The van der Waals surface area contributed by atoms with Crippen LogP contribution in [0.2, 0.25) is 0 Å². The van der Waals surface area contributed by atoms with Crippen molar-refractivity contribution in [3.8, 4) is 11.3 Å². The Bertz CT molecular complexity index is 990. The number of nitrogens with zero attached hydrogens (tertiary/aromatic N) is 3. The average molecular weight is 436 g/mol. The molecule has 156 valence electrons. The largest absolute Gasteiger partial charge is 0.349 e. The molecule has 1 saturated heterocycles. The molecule has 1 fully saturated rings. The first kappa shape index (κ1) is 23.1. The fourth-order valence-electron chi connectivity index (χ4n) is 3.91. The summed E-state index contributed by atoms with van der Waals surface area (Å²) in [4.78, 5) is 18.0. The van der Waals surface area contributed by atoms with Crippen molar-refractivity contribution in [1.82, 2.24) is 25.4 Å². The molecule has 3 heterocycles. The number of amides is 1. The van der Waals surface area contributed by atoms with E-state index in [0.29, 0.717) is 11.6 Å². The molecule has 1 amide bonds. The second-order valence-electron chi connectivity index (χ2n) is 7.38. The van der Waals surface area contributed by atoms with Crippen LogP contribution in [0.1, 0.15) is 35.8 Å². The number of hydrogen-bond acceptors (Lipinski definition) is 4. The van der Waals surface area contributed by atoms with Crippen LogP contribution in [0.15, 0.2) is 36.4 Å². The van der Waals surface area contributed by atoms with E-state index < -0.39 is 0 Å². The lowest BCUT2D eigenvalue weighted by Crippen LogP contribution is -2.46. The van der Waals surface area contributed by atoms with E-state index in [4.69, 9.17) is 4.98 Å². The number of fused-ring (bicyclic) bond motifs is 1. The van der Waals surface area contributed by atoms with E-state index in [-0.39, 0.29) is 36.8 Å². The summed E-state index contributed by atoms with van der Waals surface area (Å²) in [7, 11) is 1.87. The molecule has 1 aromatic carbocycles. The van der Waals surface area contributed by atoms with Crippen LogP contribution in [-0.4, -0.2) is 39.3 Å². The highest BCUT2D eigenvalue weighted by molar-refractivity contribution is 6.07. The SMILES string of the molecule is Cc1nn(C)c2nc(-c3ccccc3)cc(C(=O)NC3CCNC(C)C3)c12.Cl.Cl. The van der Waals surface area contributed by atoms with E-state index in [1.807, 2.05) is 50.4 Å². The summed E-state index contributed by atoms with van der Waals surface area (Å²) < 4.78 is 1.75. The molecule has 0 bridgehead atoms. The van der Waals surface area contributed by atoms with Gasteiger partial charge in [0, 0.05) is 24.7 Å². The summed E-state index contributed by atoms with van der Waals surface area (Å²) in [5.41, 5.74) is 3.98. The number of nitrogens with one attached hydrogen (secondary N) is 2. The number of hydrogen-bond donors (Lipinski definition) is 2. The molecule has 8 heteroatoms. The monoisotopic (exact) mass is 435 g/mol. The van der Waals surface area contributed by atoms with E-state index in [1.165, 1.54) is 0 Å². The third-order valence-corrected chi connectivity index (χ3v) is 5.24. The number of aryl methyl sites for hydroxylation is 2. The Balaban J connectivity index is 0.00000150. The molecule has 1 aliphatic rings. The molecule has 1 aliphatic heterocycles. The van der Waals surface area contributed by atoms with Gasteiger partial charge in [0.05, 0.1) is 22.3 Å². The second-order valence-corrected chi connectivity index (χ2v) is 7.38. The van der Waals surface area contributed by atoms with Crippen LogP contribution < -0.4 is 10.6 Å². The zero-order valence-corrected chi connectivity index (χ0v) is 18.4. The van der Waals surface area contributed by atoms with Crippen molar-refractivity contribution in [2.24, 2.45) is 7.05 Å². The van der Waals surface area contributed by atoms with Gasteiger partial charge in [0.15, 0.2) is 5.65 Å². The zero-order valence-electron chi connectivity index (χ0n) is 16.8. The van der Waals surface area contributed by atoms with Crippen LogP contribution in [0.4, 0.5) is 0 Å². The lowest BCUT2D eigenvalue weighted by Gasteiger charge is -2.28. The third-order valence-electron chi connectivity index (χ3n) is 5.24. The van der Waals surface area contributed by atoms with Crippen molar-refractivity contribution < 1.29 is 4.79 Å². The highest BCUT2D eigenvalue weighted by Crippen LogP contribution is 2.27. The summed E-state index contributed by atoms with van der Waals surface area (Å²) in [5.74, 6) is -0.0465. The van der Waals surface area contributed by atoms with Gasteiger partial charge in [-0.25, -0.2) is 4.98 Å². The standard InChI is InChI=1S/C21H25N5O.2ClH/c1-13-11-16(9-10-22-13)23-21(27)17-12-18(15-7-5-4-6-8-15)24-20-19(17)14(2)25-26(20)3;;/h4-8,12-13,16,22H,9-11H2,1-3H3,(H,23,27);2*1H. The molecule has 29 heavy (non-hydrogen) atoms. The van der Waals surface area contributed by atoms with Crippen LogP contribution in [-0.2, 0) is 7.05 Å². The summed E-state index contributed by atoms with van der Waals surface area (Å²) >= 11 is 0. The Hall–Kier alpha value is -2.15. The minimum Gasteiger partial charge on any atom is -0.349 e. The molecule has 0 aliphatic carbocycles. The smallest absolute Gasteiger partial charge is 0.252 e. The number of piperidine rings is 1. The number of pyridine rings is 1. The fraction of sp³-hybridized carbons (Fsp3) is 0.381. The normalized spacial score (nSPS) is 18.6. The van der Waals surface area contributed by atoms with Crippen LogP contribution in [0.5, 0.6) is 0 Å². The lowest BCUT2D eigenvalue weighted by molar-refractivity contribution is 0.0927. The molecule has 2 atom stereocenters. The van der Waals surface area contributed by atoms with Crippen LogP contribution in [0.3, 0.4) is 0 Å². The van der Waals surface area contributed by atoms with Gasteiger partial charge in [-0.1, -0.05) is 30.3 Å². The first-order valence-corrected chi connectivity index (χ1v) is 9.47. The Kier molecular flexibility index (Phi) is 7.63. The van der Waals surface area contributed by atoms with Gasteiger partial charge in [-0.2, -0.15) is 5.10 Å². The minimum absolute atomic E-state index is 0. The predicted molar refractivity (Wildman–Crippen MR) is 121 cm³/mol. The van der Waals surface area contributed by atoms with E-state index >= 15 is 0 Å². The van der Waals surface area contributed by atoms with Gasteiger partial charge < -0.3 is 10.6 Å². The van der Waals surface area contributed by atoms with Crippen LogP contribution in [0.25, 0.3) is 22.3 Å². The molecular formula is C21H27Cl2N5O. The first-order valence-electron chi connectivity index (χ1n) is 9.47. The molecule has 2 aromatic heterocycles. The molecule has 0 saturated carbocycles. The first-order chi connectivity index (χ1) is 13.0. The average Bonchev–Trinajstić information content (AvgIpc) is 2.96. The van der Waals surface area contributed by atoms with Gasteiger partial charge in [-0.15, -0.1) is 24.8 Å². The van der Waals surface area contributed by atoms with Gasteiger partial charge in [-0.3, -0.25) is 9.48 Å². The molecule has 4 rings (SSSR count). The van der Waals surface area contributed by atoms with Gasteiger partial charge in [0.1, 0.15) is 0 Å². The molecule has 2 unspecified atom stereocenters. The van der Waals surface area contributed by atoms with Gasteiger partial charge >= 0.3 is 0 Å². The topological polar surface area (TPSA) is 71.8 Å². The van der Waals surface area contributed by atoms with Crippen molar-refractivity contribution in [1.29, 1.82) is 0 Å². The van der Waals surface area contributed by atoms with Crippen molar-refractivity contribution in [3.63, 3.8) is 0 Å². The highest BCUT2D eigenvalue weighted by atomic mass is 35.5. The van der Waals surface area contributed by atoms with Gasteiger partial charge in [-0.05, 0) is 39.3 Å².